The first-order valence-corrected chi connectivity index (χ1v) is 33.6. The number of aromatic hydroxyl groups is 2. The van der Waals surface area contributed by atoms with E-state index in [2.05, 4.69) is 164 Å². The molecule has 6 nitrogen and oxygen atoms in total. The van der Waals surface area contributed by atoms with Crippen molar-refractivity contribution in [3.05, 3.63) is 195 Å². The average molecular weight is 1170 g/mol. The van der Waals surface area contributed by atoms with Crippen molar-refractivity contribution >= 4 is 34.7 Å². The second kappa shape index (κ2) is 31.2. The molecule has 0 radical (unpaired) electrons. The van der Waals surface area contributed by atoms with Crippen molar-refractivity contribution in [2.75, 3.05) is 13.1 Å². The van der Waals surface area contributed by atoms with E-state index in [4.69, 9.17) is 4.74 Å². The minimum atomic E-state index is -0.495. The van der Waals surface area contributed by atoms with Crippen molar-refractivity contribution < 1.29 is 20.1 Å². The molecule has 0 saturated carbocycles. The highest BCUT2D eigenvalue weighted by Gasteiger charge is 2.42. The summed E-state index contributed by atoms with van der Waals surface area (Å²) in [6.07, 6.45) is 19.8. The van der Waals surface area contributed by atoms with Gasteiger partial charge in [-0.25, -0.2) is 0 Å². The number of hydrogen-bond acceptors (Lipinski definition) is 6. The van der Waals surface area contributed by atoms with E-state index in [1.165, 1.54) is 102 Å². The lowest BCUT2D eigenvalue weighted by Crippen LogP contribution is -2.54. The molecule has 0 spiro atoms. The van der Waals surface area contributed by atoms with Crippen LogP contribution in [0.5, 0.6) is 17.2 Å². The van der Waals surface area contributed by atoms with E-state index in [9.17, 15) is 15.3 Å². The van der Waals surface area contributed by atoms with Gasteiger partial charge in [0.25, 0.3) is 0 Å². The van der Waals surface area contributed by atoms with Gasteiger partial charge in [0, 0.05) is 29.7 Å². The van der Waals surface area contributed by atoms with Gasteiger partial charge in [0.2, 0.25) is 0 Å². The van der Waals surface area contributed by atoms with E-state index in [-0.39, 0.29) is 11.6 Å². The highest BCUT2D eigenvalue weighted by molar-refractivity contribution is 7.79. The summed E-state index contributed by atoms with van der Waals surface area (Å²) in [4.78, 5) is 6.86. The third kappa shape index (κ3) is 18.2. The number of benzene rings is 6. The van der Waals surface area contributed by atoms with Crippen LogP contribution in [0.2, 0.25) is 0 Å². The fourth-order valence-corrected chi connectivity index (χ4v) is 16.1. The quantitative estimate of drug-likeness (QED) is 0.0586. The number of para-hydroxylation sites is 1. The highest BCUT2D eigenvalue weighted by atomic mass is 31.1. The van der Waals surface area contributed by atoms with Crippen LogP contribution < -0.4 is 20.7 Å². The number of ether oxygens (including phenoxy) is 1. The minimum absolute atomic E-state index is 0.0712. The van der Waals surface area contributed by atoms with Gasteiger partial charge in [-0.2, -0.15) is 0 Å². The summed E-state index contributed by atoms with van der Waals surface area (Å²) in [7, 11) is -0.495. The van der Waals surface area contributed by atoms with Crippen LogP contribution >= 0.6 is 7.92 Å². The molecule has 11 rings (SSSR count). The highest BCUT2D eigenvalue weighted by Crippen LogP contribution is 2.45. The molecule has 5 heterocycles. The molecule has 3 fully saturated rings. The van der Waals surface area contributed by atoms with Gasteiger partial charge in [-0.05, 0) is 213 Å². The molecular formula is C78H105N2O4P. The summed E-state index contributed by atoms with van der Waals surface area (Å²) in [6.45, 7) is 36.4. The first-order chi connectivity index (χ1) is 40.6. The van der Waals surface area contributed by atoms with Crippen molar-refractivity contribution in [2.24, 2.45) is 29.6 Å². The number of aliphatic hydroxyl groups is 1. The number of aromatic nitrogens is 1. The lowest BCUT2D eigenvalue weighted by molar-refractivity contribution is -0.0444. The molecule has 3 N–H and O–H groups in total. The lowest BCUT2D eigenvalue weighted by atomic mass is 9.73. The zero-order valence-corrected chi connectivity index (χ0v) is 55.5. The Morgan fingerprint density at radius 2 is 1.21 bits per heavy atom. The summed E-state index contributed by atoms with van der Waals surface area (Å²) < 4.78 is 6.60. The van der Waals surface area contributed by atoms with Crippen LogP contribution in [0.25, 0.3) is 10.9 Å². The zero-order valence-electron chi connectivity index (χ0n) is 54.6. The second-order valence-electron chi connectivity index (χ2n) is 26.6. The van der Waals surface area contributed by atoms with Crippen molar-refractivity contribution in [1.29, 1.82) is 0 Å². The predicted octanol–water partition coefficient (Wildman–Crippen LogP) is 18.7. The topological polar surface area (TPSA) is 86.1 Å². The molecule has 6 aromatic carbocycles. The van der Waals surface area contributed by atoms with Crippen LogP contribution in [0.4, 0.5) is 0 Å². The van der Waals surface area contributed by atoms with Crippen LogP contribution in [-0.4, -0.2) is 49.9 Å². The van der Waals surface area contributed by atoms with Crippen LogP contribution in [0.15, 0.2) is 134 Å². The summed E-state index contributed by atoms with van der Waals surface area (Å²) in [5.41, 5.74) is 13.3. The molecule has 7 heteroatoms. The Morgan fingerprint density at radius 3 is 1.74 bits per heavy atom. The maximum absolute atomic E-state index is 11.0. The standard InChI is InChI=1S/C29H50O2.C21H21P.C19H22N2O.C9H12O/c1-20(2)12-9-13-21(3)14-10-15-22(4)16-11-18-29(8)19-17-26-25(7)27(30)23(5)24(6)28(26)31-29;1-16-7-4-10-19(13-16)22(20-11-5-8-17(2)14-20)21-12-6-9-18(3)15-21;1-2-13-12-21-10-8-14(13)11-18(21)19(22)16-7-9-20-17-6-4-3-5-15(16)17;1-6-4-7(2)9(10)8(3)5-6/h20-22,30H,9-19H2,1-8H3;4-15H,1-3H3;2-7,9,13-14,18-19,22H,1,8,10-12H2;4-5,10H,1-3H3. The fourth-order valence-electron chi connectivity index (χ4n) is 13.5. The summed E-state index contributed by atoms with van der Waals surface area (Å²) in [5.74, 6) is 5.72. The second-order valence-corrected chi connectivity index (χ2v) is 28.9. The SMILES string of the molecule is C=CC1CN2CCC1CC2C(O)c1ccnc2ccccc12.Cc1c(C)c2c(c(C)c1O)CCC(C)(CCCC(C)CCCC(C)CCCC(C)C)O2.Cc1cc(C)c(O)c(C)c1.Cc1cccc(P(c2cccc(C)c2)c2cccc(C)c2)c1. The van der Waals surface area contributed by atoms with Gasteiger partial charge in [-0.3, -0.25) is 9.88 Å². The van der Waals surface area contributed by atoms with Gasteiger partial charge in [0.15, 0.2) is 0 Å². The van der Waals surface area contributed by atoms with Crippen LogP contribution in [0.1, 0.15) is 179 Å². The molecule has 4 aliphatic heterocycles. The van der Waals surface area contributed by atoms with Crippen molar-refractivity contribution in [1.82, 2.24) is 9.88 Å². The molecule has 0 amide bonds. The smallest absolute Gasteiger partial charge is 0.127 e. The van der Waals surface area contributed by atoms with Gasteiger partial charge >= 0.3 is 0 Å². The Kier molecular flexibility index (Phi) is 24.5. The van der Waals surface area contributed by atoms with E-state index in [1.54, 1.807) is 0 Å². The van der Waals surface area contributed by atoms with Gasteiger partial charge in [0.1, 0.15) is 22.8 Å². The van der Waals surface area contributed by atoms with Gasteiger partial charge in [-0.15, -0.1) is 6.58 Å². The van der Waals surface area contributed by atoms with Gasteiger partial charge in [0.05, 0.1) is 11.6 Å². The zero-order chi connectivity index (χ0) is 61.5. The molecule has 0 aliphatic carbocycles. The number of phenolic OH excluding ortho intramolecular Hbond substituents is 2. The molecule has 4 aliphatic rings. The molecular weight excluding hydrogens is 1060 g/mol. The first-order valence-electron chi connectivity index (χ1n) is 32.2. The Labute approximate surface area is 515 Å². The Morgan fingerprint density at radius 1 is 0.659 bits per heavy atom. The van der Waals surface area contributed by atoms with Crippen molar-refractivity contribution in [3.63, 3.8) is 0 Å². The number of hydrogen-bond donors (Lipinski definition) is 3. The average Bonchev–Trinajstić information content (AvgIpc) is 2.77. The lowest BCUT2D eigenvalue weighted by Gasteiger charge is -2.50. The predicted molar refractivity (Wildman–Crippen MR) is 365 cm³/mol. The number of piperidine rings is 3. The van der Waals surface area contributed by atoms with Crippen molar-refractivity contribution in [3.8, 4) is 17.2 Å². The van der Waals surface area contributed by atoms with Gasteiger partial charge in [-0.1, -0.05) is 204 Å². The third-order valence-electron chi connectivity index (χ3n) is 18.8. The monoisotopic (exact) mass is 1160 g/mol. The molecule has 1 aromatic heterocycles. The summed E-state index contributed by atoms with van der Waals surface area (Å²) in [5, 5.41) is 36.1. The van der Waals surface area contributed by atoms with E-state index in [0.717, 1.165) is 107 Å². The maximum atomic E-state index is 11.0. The fraction of sp³-hybridized carbons (Fsp3) is 0.474. The molecule has 2 bridgehead atoms. The maximum Gasteiger partial charge on any atom is 0.127 e. The minimum Gasteiger partial charge on any atom is -0.507 e. The van der Waals surface area contributed by atoms with Crippen LogP contribution in [0, 0.1) is 91.9 Å². The Hall–Kier alpha value is -5.78. The largest absolute Gasteiger partial charge is 0.507 e. The number of aryl methyl sites for hydroxylation is 6. The van der Waals surface area contributed by atoms with E-state index >= 15 is 0 Å². The van der Waals surface area contributed by atoms with E-state index < -0.39 is 14.0 Å². The molecule has 8 atom stereocenters. The summed E-state index contributed by atoms with van der Waals surface area (Å²) >= 11 is 0. The molecule has 85 heavy (non-hydrogen) atoms. The van der Waals surface area contributed by atoms with Crippen LogP contribution in [0.3, 0.4) is 0 Å². The van der Waals surface area contributed by atoms with E-state index in [0.29, 0.717) is 23.3 Å². The molecule has 456 valence electrons. The Balaban J connectivity index is 0.000000171. The molecule has 7 aromatic rings. The van der Waals surface area contributed by atoms with Crippen LogP contribution in [-0.2, 0) is 6.42 Å². The normalized spacial score (nSPS) is 19.7. The summed E-state index contributed by atoms with van der Waals surface area (Å²) in [6, 6.07) is 41.0. The van der Waals surface area contributed by atoms with E-state index in [1.807, 2.05) is 77.2 Å². The molecule has 8 unspecified atom stereocenters. The third-order valence-corrected chi connectivity index (χ3v) is 21.2. The number of pyridine rings is 1. The number of rotatable bonds is 18. The van der Waals surface area contributed by atoms with Gasteiger partial charge < -0.3 is 20.1 Å². The number of phenols is 2. The first kappa shape index (κ1) is 66.7. The molecule has 3 saturated heterocycles. The number of nitrogens with zero attached hydrogens (tertiary/aromatic N) is 2. The Bertz CT molecular complexity index is 3160. The number of aliphatic hydroxyl groups excluding tert-OH is 1. The van der Waals surface area contributed by atoms with Crippen molar-refractivity contribution in [2.45, 2.75) is 198 Å². The number of fused-ring (bicyclic) bond motifs is 5.